The van der Waals surface area contributed by atoms with E-state index in [2.05, 4.69) is 0 Å². The summed E-state index contributed by atoms with van der Waals surface area (Å²) in [6.45, 7) is 0. The molecule has 1 aliphatic heterocycles. The molecule has 1 aliphatic rings. The summed E-state index contributed by atoms with van der Waals surface area (Å²) in [4.78, 5) is -0.972. The van der Waals surface area contributed by atoms with Gasteiger partial charge in [0, 0.05) is 16.5 Å². The number of alkyl halides is 3. The predicted molar refractivity (Wildman–Crippen MR) is 98.4 cm³/mol. The highest BCUT2D eigenvalue weighted by Crippen LogP contribution is 2.45. The fourth-order valence-corrected chi connectivity index (χ4v) is 6.51. The normalized spacial score (nSPS) is 16.0. The van der Waals surface area contributed by atoms with E-state index in [1.165, 1.54) is 12.1 Å². The molecular weight excluding hydrogens is 429 g/mol. The molecule has 1 fully saturated rings. The number of hydrogen-bond acceptors (Lipinski definition) is 5. The zero-order valence-electron chi connectivity index (χ0n) is 13.0. The van der Waals surface area contributed by atoms with Crippen LogP contribution in [0, 0.1) is 0 Å². The van der Waals surface area contributed by atoms with Gasteiger partial charge in [0.25, 0.3) is 0 Å². The molecule has 0 spiro atoms. The topological polar surface area (TPSA) is 43.4 Å². The summed E-state index contributed by atoms with van der Waals surface area (Å²) in [6, 6.07) is 8.74. The molecule has 26 heavy (non-hydrogen) atoms. The van der Waals surface area contributed by atoms with Gasteiger partial charge in [0.15, 0.2) is 0 Å². The highest BCUT2D eigenvalue weighted by atomic mass is 35.5. The SMILES string of the molecule is O=S(=O)(Oc1ccc(C2SCCS2)cc1)c1ccc(Cl)cc1C(F)(F)F. The lowest BCUT2D eigenvalue weighted by atomic mass is 10.2. The Bertz CT molecular complexity index is 893. The smallest absolute Gasteiger partial charge is 0.379 e. The van der Waals surface area contributed by atoms with Crippen LogP contribution in [0.25, 0.3) is 0 Å². The molecule has 0 atom stereocenters. The first-order valence-electron chi connectivity index (χ1n) is 7.31. The van der Waals surface area contributed by atoms with Crippen molar-refractivity contribution < 1.29 is 25.8 Å². The van der Waals surface area contributed by atoms with Gasteiger partial charge < -0.3 is 4.18 Å². The quantitative estimate of drug-likeness (QED) is 0.578. The molecule has 0 saturated carbocycles. The zero-order chi connectivity index (χ0) is 18.9. The Morgan fingerprint density at radius 1 is 1.04 bits per heavy atom. The fourth-order valence-electron chi connectivity index (χ4n) is 2.34. The van der Waals surface area contributed by atoms with E-state index in [1.807, 2.05) is 0 Å². The molecule has 3 nitrogen and oxygen atoms in total. The predicted octanol–water partition coefficient (Wildman–Crippen LogP) is 5.61. The molecule has 0 N–H and O–H groups in total. The molecule has 0 bridgehead atoms. The summed E-state index contributed by atoms with van der Waals surface area (Å²) < 4.78 is 69.3. The van der Waals surface area contributed by atoms with Gasteiger partial charge >= 0.3 is 16.3 Å². The van der Waals surface area contributed by atoms with Gasteiger partial charge in [0.2, 0.25) is 0 Å². The highest BCUT2D eigenvalue weighted by molar-refractivity contribution is 8.19. The van der Waals surface area contributed by atoms with Gasteiger partial charge in [0.1, 0.15) is 10.6 Å². The zero-order valence-corrected chi connectivity index (χ0v) is 16.2. The minimum absolute atomic E-state index is 0.0511. The monoisotopic (exact) mass is 440 g/mol. The molecule has 2 aromatic carbocycles. The Morgan fingerprint density at radius 2 is 1.65 bits per heavy atom. The first-order valence-corrected chi connectivity index (χ1v) is 11.2. The van der Waals surface area contributed by atoms with Crippen LogP contribution in [0.5, 0.6) is 5.75 Å². The second-order valence-corrected chi connectivity index (χ2v) is 9.99. The van der Waals surface area contributed by atoms with Crippen LogP contribution in [0.2, 0.25) is 5.02 Å². The molecule has 0 radical (unpaired) electrons. The minimum Gasteiger partial charge on any atom is -0.379 e. The van der Waals surface area contributed by atoms with Crippen molar-refractivity contribution in [2.24, 2.45) is 0 Å². The Labute approximate surface area is 162 Å². The number of hydrogen-bond donors (Lipinski definition) is 0. The maximum atomic E-state index is 13.1. The second-order valence-electron chi connectivity index (χ2n) is 5.32. The maximum absolute atomic E-state index is 13.1. The number of rotatable bonds is 4. The van der Waals surface area contributed by atoms with Crippen molar-refractivity contribution in [1.29, 1.82) is 0 Å². The largest absolute Gasteiger partial charge is 0.417 e. The summed E-state index contributed by atoms with van der Waals surface area (Å²) >= 11 is 9.14. The van der Waals surface area contributed by atoms with Crippen molar-refractivity contribution >= 4 is 45.2 Å². The summed E-state index contributed by atoms with van der Waals surface area (Å²) in [5.41, 5.74) is -0.356. The third-order valence-corrected chi connectivity index (χ3v) is 8.14. The van der Waals surface area contributed by atoms with E-state index in [4.69, 9.17) is 15.8 Å². The third kappa shape index (κ3) is 4.44. The fraction of sp³-hybridized carbons (Fsp3) is 0.250. The molecule has 10 heteroatoms. The average Bonchev–Trinajstić information content (AvgIpc) is 3.08. The van der Waals surface area contributed by atoms with Crippen molar-refractivity contribution in [3.05, 3.63) is 58.6 Å². The molecule has 2 aromatic rings. The van der Waals surface area contributed by atoms with E-state index in [0.29, 0.717) is 6.07 Å². The Balaban J connectivity index is 1.87. The second kappa shape index (κ2) is 7.53. The summed E-state index contributed by atoms with van der Waals surface area (Å²) in [6.07, 6.45) is -4.88. The molecule has 0 aromatic heterocycles. The number of benzene rings is 2. The van der Waals surface area contributed by atoms with Gasteiger partial charge in [-0.1, -0.05) is 23.7 Å². The number of thioether (sulfide) groups is 2. The van der Waals surface area contributed by atoms with E-state index in [9.17, 15) is 21.6 Å². The van der Waals surface area contributed by atoms with E-state index >= 15 is 0 Å². The van der Waals surface area contributed by atoms with E-state index in [-0.39, 0.29) is 15.4 Å². The van der Waals surface area contributed by atoms with Gasteiger partial charge in [-0.15, -0.1) is 23.5 Å². The van der Waals surface area contributed by atoms with Crippen molar-refractivity contribution in [2.45, 2.75) is 15.7 Å². The van der Waals surface area contributed by atoms with Gasteiger partial charge in [-0.25, -0.2) is 0 Å². The van der Waals surface area contributed by atoms with Crippen LogP contribution in [0.3, 0.4) is 0 Å². The maximum Gasteiger partial charge on any atom is 0.417 e. The molecule has 0 unspecified atom stereocenters. The summed E-state index contributed by atoms with van der Waals surface area (Å²) in [7, 11) is -4.66. The number of halogens is 4. The molecule has 3 rings (SSSR count). The Kier molecular flexibility index (Phi) is 5.72. The highest BCUT2D eigenvalue weighted by Gasteiger charge is 2.38. The summed E-state index contributed by atoms with van der Waals surface area (Å²) in [5, 5.41) is -0.216. The standard InChI is InChI=1S/C16H12ClF3O3S3/c17-11-3-6-14(13(9-11)16(18,19)20)26(21,22)23-12-4-1-10(2-5-12)15-24-7-8-25-15/h1-6,9,15H,7-8H2. The van der Waals surface area contributed by atoms with Crippen molar-refractivity contribution in [2.75, 3.05) is 11.5 Å². The minimum atomic E-state index is -4.88. The lowest BCUT2D eigenvalue weighted by molar-refractivity contribution is -0.139. The van der Waals surface area contributed by atoms with E-state index in [1.54, 1.807) is 35.7 Å². The average molecular weight is 441 g/mol. The van der Waals surface area contributed by atoms with Crippen LogP contribution >= 0.6 is 35.1 Å². The molecule has 1 heterocycles. The lowest BCUT2D eigenvalue weighted by Crippen LogP contribution is -2.17. The van der Waals surface area contributed by atoms with Crippen molar-refractivity contribution in [1.82, 2.24) is 0 Å². The van der Waals surface area contributed by atoms with Crippen LogP contribution in [0.15, 0.2) is 47.4 Å². The Morgan fingerprint density at radius 3 is 2.23 bits per heavy atom. The molecule has 140 valence electrons. The third-order valence-electron chi connectivity index (χ3n) is 3.50. The summed E-state index contributed by atoms with van der Waals surface area (Å²) in [5.74, 6) is 2.03. The van der Waals surface area contributed by atoms with Crippen molar-refractivity contribution in [3.8, 4) is 5.75 Å². The first-order chi connectivity index (χ1) is 12.2. The molecule has 0 aliphatic carbocycles. The molecule has 0 amide bonds. The van der Waals surface area contributed by atoms with E-state index in [0.717, 1.165) is 29.2 Å². The van der Waals surface area contributed by atoms with Crippen LogP contribution in [0.4, 0.5) is 13.2 Å². The molecular formula is C16H12ClF3O3S3. The van der Waals surface area contributed by atoms with E-state index < -0.39 is 26.8 Å². The Hall–Kier alpha value is -1.03. The van der Waals surface area contributed by atoms with Gasteiger partial charge in [-0.3, -0.25) is 0 Å². The van der Waals surface area contributed by atoms with Gasteiger partial charge in [0.05, 0.1) is 10.1 Å². The van der Waals surface area contributed by atoms with Crippen LogP contribution in [-0.4, -0.2) is 19.9 Å². The molecule has 1 saturated heterocycles. The van der Waals surface area contributed by atoms with Crippen LogP contribution < -0.4 is 4.18 Å². The van der Waals surface area contributed by atoms with Gasteiger partial charge in [-0.2, -0.15) is 21.6 Å². The first kappa shape index (κ1) is 19.7. The lowest BCUT2D eigenvalue weighted by Gasteiger charge is -2.14. The van der Waals surface area contributed by atoms with Gasteiger partial charge in [-0.05, 0) is 35.9 Å². The van der Waals surface area contributed by atoms with Crippen LogP contribution in [-0.2, 0) is 16.3 Å². The van der Waals surface area contributed by atoms with Crippen molar-refractivity contribution in [3.63, 3.8) is 0 Å². The van der Waals surface area contributed by atoms with Crippen LogP contribution in [0.1, 0.15) is 15.7 Å².